The second-order valence-corrected chi connectivity index (χ2v) is 3.99. The van der Waals surface area contributed by atoms with E-state index in [4.69, 9.17) is 5.73 Å². The van der Waals surface area contributed by atoms with Crippen LogP contribution >= 0.6 is 0 Å². The van der Waals surface area contributed by atoms with E-state index in [0.29, 0.717) is 5.56 Å². The Hall–Kier alpha value is -0.960. The molecule has 0 fully saturated rings. The Kier molecular flexibility index (Phi) is 4.21. The summed E-state index contributed by atoms with van der Waals surface area (Å²) in [5, 5.41) is 0. The molecule has 0 saturated heterocycles. The average Bonchev–Trinajstić information content (AvgIpc) is 2.15. The standard InChI is InChI=1S/C12H17F2N/c1-3-4-8(2)12(15)9-5-10(13)7-11(14)6-9/h5-8,12H,3-4,15H2,1-2H3. The fourth-order valence-corrected chi connectivity index (χ4v) is 1.73. The molecule has 84 valence electrons. The fraction of sp³-hybridized carbons (Fsp3) is 0.500. The molecule has 15 heavy (non-hydrogen) atoms. The van der Waals surface area contributed by atoms with Crippen LogP contribution in [0.25, 0.3) is 0 Å². The zero-order valence-electron chi connectivity index (χ0n) is 9.13. The summed E-state index contributed by atoms with van der Waals surface area (Å²) in [7, 11) is 0. The lowest BCUT2D eigenvalue weighted by atomic mass is 9.92. The van der Waals surface area contributed by atoms with Crippen LogP contribution in [0.5, 0.6) is 0 Å². The van der Waals surface area contributed by atoms with Gasteiger partial charge in [0.1, 0.15) is 11.6 Å². The molecule has 0 bridgehead atoms. The van der Waals surface area contributed by atoms with Gasteiger partial charge in [-0.05, 0) is 30.0 Å². The summed E-state index contributed by atoms with van der Waals surface area (Å²) in [6, 6.07) is 3.18. The lowest BCUT2D eigenvalue weighted by Gasteiger charge is -2.19. The van der Waals surface area contributed by atoms with Crippen molar-refractivity contribution >= 4 is 0 Å². The molecule has 1 nitrogen and oxygen atoms in total. The summed E-state index contributed by atoms with van der Waals surface area (Å²) >= 11 is 0. The number of benzene rings is 1. The van der Waals surface area contributed by atoms with Crippen LogP contribution in [-0.2, 0) is 0 Å². The van der Waals surface area contributed by atoms with E-state index in [1.807, 2.05) is 6.92 Å². The molecule has 0 radical (unpaired) electrons. The van der Waals surface area contributed by atoms with Gasteiger partial charge >= 0.3 is 0 Å². The highest BCUT2D eigenvalue weighted by Crippen LogP contribution is 2.24. The minimum absolute atomic E-state index is 0.233. The predicted octanol–water partition coefficient (Wildman–Crippen LogP) is 3.40. The Balaban J connectivity index is 2.85. The highest BCUT2D eigenvalue weighted by Gasteiger charge is 2.15. The van der Waals surface area contributed by atoms with Crippen molar-refractivity contribution in [3.63, 3.8) is 0 Å². The van der Waals surface area contributed by atoms with E-state index in [1.54, 1.807) is 0 Å². The number of hydrogen-bond donors (Lipinski definition) is 1. The van der Waals surface area contributed by atoms with Crippen molar-refractivity contribution in [1.82, 2.24) is 0 Å². The third kappa shape index (κ3) is 3.27. The highest BCUT2D eigenvalue weighted by molar-refractivity contribution is 5.21. The van der Waals surface area contributed by atoms with Gasteiger partial charge in [-0.1, -0.05) is 20.3 Å². The van der Waals surface area contributed by atoms with E-state index in [1.165, 1.54) is 12.1 Å². The Morgan fingerprint density at radius 3 is 2.20 bits per heavy atom. The first-order chi connectivity index (χ1) is 7.04. The van der Waals surface area contributed by atoms with Crippen LogP contribution in [0.2, 0.25) is 0 Å². The monoisotopic (exact) mass is 213 g/mol. The van der Waals surface area contributed by atoms with Gasteiger partial charge in [-0.25, -0.2) is 8.78 Å². The van der Waals surface area contributed by atoms with Crippen LogP contribution in [0.3, 0.4) is 0 Å². The molecule has 1 aromatic carbocycles. The Labute approximate surface area is 89.3 Å². The Bertz CT molecular complexity index is 305. The highest BCUT2D eigenvalue weighted by atomic mass is 19.1. The Morgan fingerprint density at radius 1 is 1.20 bits per heavy atom. The van der Waals surface area contributed by atoms with E-state index in [0.717, 1.165) is 18.9 Å². The van der Waals surface area contributed by atoms with Gasteiger partial charge in [0.15, 0.2) is 0 Å². The van der Waals surface area contributed by atoms with Crippen molar-refractivity contribution in [1.29, 1.82) is 0 Å². The summed E-state index contributed by atoms with van der Waals surface area (Å²) in [4.78, 5) is 0. The van der Waals surface area contributed by atoms with E-state index in [-0.39, 0.29) is 12.0 Å². The minimum Gasteiger partial charge on any atom is -0.324 e. The molecule has 1 aromatic rings. The summed E-state index contributed by atoms with van der Waals surface area (Å²) in [6.07, 6.45) is 1.98. The summed E-state index contributed by atoms with van der Waals surface area (Å²) < 4.78 is 25.9. The fourth-order valence-electron chi connectivity index (χ4n) is 1.73. The second kappa shape index (κ2) is 5.21. The number of rotatable bonds is 4. The van der Waals surface area contributed by atoms with Crippen molar-refractivity contribution in [2.24, 2.45) is 11.7 Å². The van der Waals surface area contributed by atoms with Crippen molar-refractivity contribution < 1.29 is 8.78 Å². The zero-order chi connectivity index (χ0) is 11.4. The molecular weight excluding hydrogens is 196 g/mol. The van der Waals surface area contributed by atoms with Gasteiger partial charge in [0, 0.05) is 12.1 Å². The predicted molar refractivity (Wildman–Crippen MR) is 57.4 cm³/mol. The zero-order valence-corrected chi connectivity index (χ0v) is 9.13. The second-order valence-electron chi connectivity index (χ2n) is 3.99. The maximum atomic E-state index is 12.9. The minimum atomic E-state index is -0.566. The molecule has 0 amide bonds. The van der Waals surface area contributed by atoms with Crippen LogP contribution in [0.1, 0.15) is 38.3 Å². The normalized spacial score (nSPS) is 15.0. The maximum absolute atomic E-state index is 12.9. The molecule has 0 aliphatic carbocycles. The van der Waals surface area contributed by atoms with Crippen LogP contribution < -0.4 is 5.73 Å². The molecule has 2 atom stereocenters. The van der Waals surface area contributed by atoms with Gasteiger partial charge in [0.2, 0.25) is 0 Å². The maximum Gasteiger partial charge on any atom is 0.126 e. The quantitative estimate of drug-likeness (QED) is 0.815. The number of halogens is 2. The molecule has 1 rings (SSSR count). The first-order valence-electron chi connectivity index (χ1n) is 5.26. The van der Waals surface area contributed by atoms with Gasteiger partial charge in [-0.3, -0.25) is 0 Å². The van der Waals surface area contributed by atoms with Gasteiger partial charge in [0.25, 0.3) is 0 Å². The molecule has 2 unspecified atom stereocenters. The third-order valence-electron chi connectivity index (χ3n) is 2.63. The molecular formula is C12H17F2N. The molecule has 0 aliphatic heterocycles. The van der Waals surface area contributed by atoms with E-state index >= 15 is 0 Å². The number of hydrogen-bond acceptors (Lipinski definition) is 1. The lowest BCUT2D eigenvalue weighted by molar-refractivity contribution is 0.430. The third-order valence-corrected chi connectivity index (χ3v) is 2.63. The van der Waals surface area contributed by atoms with Gasteiger partial charge in [0.05, 0.1) is 0 Å². The van der Waals surface area contributed by atoms with E-state index in [2.05, 4.69) is 6.92 Å². The Morgan fingerprint density at radius 2 is 1.73 bits per heavy atom. The van der Waals surface area contributed by atoms with Crippen molar-refractivity contribution in [2.75, 3.05) is 0 Å². The first kappa shape index (κ1) is 12.1. The topological polar surface area (TPSA) is 26.0 Å². The average molecular weight is 213 g/mol. The van der Waals surface area contributed by atoms with E-state index < -0.39 is 11.6 Å². The van der Waals surface area contributed by atoms with E-state index in [9.17, 15) is 8.78 Å². The van der Waals surface area contributed by atoms with Gasteiger partial charge in [-0.15, -0.1) is 0 Å². The summed E-state index contributed by atoms with van der Waals surface area (Å²) in [5.41, 5.74) is 6.46. The smallest absolute Gasteiger partial charge is 0.126 e. The van der Waals surface area contributed by atoms with Gasteiger partial charge < -0.3 is 5.73 Å². The first-order valence-corrected chi connectivity index (χ1v) is 5.26. The molecule has 0 saturated carbocycles. The van der Waals surface area contributed by atoms with Gasteiger partial charge in [-0.2, -0.15) is 0 Å². The largest absolute Gasteiger partial charge is 0.324 e. The number of nitrogens with two attached hydrogens (primary N) is 1. The molecule has 3 heteroatoms. The summed E-state index contributed by atoms with van der Waals surface area (Å²) in [5.74, 6) is -0.899. The van der Waals surface area contributed by atoms with Crippen molar-refractivity contribution in [3.8, 4) is 0 Å². The van der Waals surface area contributed by atoms with Crippen LogP contribution in [-0.4, -0.2) is 0 Å². The molecule has 0 heterocycles. The van der Waals surface area contributed by atoms with Crippen molar-refractivity contribution in [2.45, 2.75) is 32.7 Å². The van der Waals surface area contributed by atoms with Crippen molar-refractivity contribution in [3.05, 3.63) is 35.4 Å². The molecule has 2 N–H and O–H groups in total. The van der Waals surface area contributed by atoms with Crippen LogP contribution in [0.15, 0.2) is 18.2 Å². The van der Waals surface area contributed by atoms with Crippen LogP contribution in [0.4, 0.5) is 8.78 Å². The summed E-state index contributed by atoms with van der Waals surface area (Å²) in [6.45, 7) is 4.06. The molecule has 0 spiro atoms. The SMILES string of the molecule is CCCC(C)C(N)c1cc(F)cc(F)c1. The molecule has 0 aromatic heterocycles. The molecule has 0 aliphatic rings. The lowest BCUT2D eigenvalue weighted by Crippen LogP contribution is -2.19. The van der Waals surface area contributed by atoms with Crippen LogP contribution in [0, 0.1) is 17.6 Å².